The molecule has 0 fully saturated rings. The van der Waals surface area contributed by atoms with Crippen molar-refractivity contribution in [1.82, 2.24) is 0 Å². The van der Waals surface area contributed by atoms with Crippen LogP contribution in [0.15, 0.2) is 53.0 Å². The molecular weight excluding hydrogens is 342 g/mol. The fourth-order valence-corrected chi connectivity index (χ4v) is 4.10. The topological polar surface area (TPSA) is 26.0 Å². The zero-order valence-electron chi connectivity index (χ0n) is 12.6. The van der Waals surface area contributed by atoms with Crippen molar-refractivity contribution >= 4 is 27.7 Å². The number of benzene rings is 2. The van der Waals surface area contributed by atoms with Gasteiger partial charge < -0.3 is 5.73 Å². The lowest BCUT2D eigenvalue weighted by molar-refractivity contribution is 0.634. The number of halogens is 1. The standard InChI is InChI=1S/C18H22BrNS/c1-3-17(20)18(15-8-5-9-16(19)11-15)21-12-14-7-4-6-13(2)10-14/h4-11,17-18H,3,12,20H2,1-2H3. The highest BCUT2D eigenvalue weighted by atomic mass is 79.9. The molecule has 2 N–H and O–H groups in total. The van der Waals surface area contributed by atoms with Crippen LogP contribution in [0.1, 0.15) is 35.3 Å². The van der Waals surface area contributed by atoms with Crippen molar-refractivity contribution in [2.75, 3.05) is 0 Å². The molecule has 0 saturated carbocycles. The van der Waals surface area contributed by atoms with Gasteiger partial charge in [0.1, 0.15) is 0 Å². The summed E-state index contributed by atoms with van der Waals surface area (Å²) in [6, 6.07) is 17.4. The third-order valence-electron chi connectivity index (χ3n) is 3.55. The Labute approximate surface area is 140 Å². The second kappa shape index (κ2) is 8.02. The lowest BCUT2D eigenvalue weighted by Gasteiger charge is -2.23. The van der Waals surface area contributed by atoms with Crippen LogP contribution in [0.3, 0.4) is 0 Å². The van der Waals surface area contributed by atoms with E-state index in [0.717, 1.165) is 16.6 Å². The molecule has 0 heterocycles. The van der Waals surface area contributed by atoms with Crippen molar-refractivity contribution in [2.24, 2.45) is 5.73 Å². The third kappa shape index (κ3) is 4.87. The maximum absolute atomic E-state index is 6.36. The van der Waals surface area contributed by atoms with E-state index in [4.69, 9.17) is 5.73 Å². The first-order valence-electron chi connectivity index (χ1n) is 7.28. The molecule has 2 aromatic carbocycles. The number of rotatable bonds is 6. The first-order valence-corrected chi connectivity index (χ1v) is 9.12. The average molecular weight is 364 g/mol. The number of nitrogens with two attached hydrogens (primary N) is 1. The zero-order chi connectivity index (χ0) is 15.2. The van der Waals surface area contributed by atoms with Gasteiger partial charge in [-0.3, -0.25) is 0 Å². The molecule has 2 atom stereocenters. The molecule has 0 bridgehead atoms. The summed E-state index contributed by atoms with van der Waals surface area (Å²) in [6.45, 7) is 4.29. The Morgan fingerprint density at radius 1 is 1.14 bits per heavy atom. The van der Waals surface area contributed by atoms with Gasteiger partial charge in [-0.1, -0.05) is 64.8 Å². The molecule has 0 aromatic heterocycles. The largest absolute Gasteiger partial charge is 0.326 e. The molecule has 0 spiro atoms. The van der Waals surface area contributed by atoms with E-state index in [1.807, 2.05) is 11.8 Å². The molecule has 0 aliphatic rings. The number of hydrogen-bond donors (Lipinski definition) is 1. The molecule has 0 aliphatic heterocycles. The van der Waals surface area contributed by atoms with Crippen LogP contribution in [0.2, 0.25) is 0 Å². The van der Waals surface area contributed by atoms with E-state index in [0.29, 0.717) is 5.25 Å². The summed E-state index contributed by atoms with van der Waals surface area (Å²) in [4.78, 5) is 0. The fraction of sp³-hybridized carbons (Fsp3) is 0.333. The molecule has 1 nitrogen and oxygen atoms in total. The summed E-state index contributed by atoms with van der Waals surface area (Å²) >= 11 is 5.49. The van der Waals surface area contributed by atoms with E-state index >= 15 is 0 Å². The fourth-order valence-electron chi connectivity index (χ4n) is 2.35. The average Bonchev–Trinajstić information content (AvgIpc) is 2.47. The highest BCUT2D eigenvalue weighted by Crippen LogP contribution is 2.36. The maximum Gasteiger partial charge on any atom is 0.0451 e. The summed E-state index contributed by atoms with van der Waals surface area (Å²) in [5.74, 6) is 0.993. The van der Waals surface area contributed by atoms with E-state index in [1.165, 1.54) is 16.7 Å². The highest BCUT2D eigenvalue weighted by Gasteiger charge is 2.19. The van der Waals surface area contributed by atoms with Gasteiger partial charge in [-0.25, -0.2) is 0 Å². The van der Waals surface area contributed by atoms with Gasteiger partial charge in [0.2, 0.25) is 0 Å². The Morgan fingerprint density at radius 3 is 2.57 bits per heavy atom. The Morgan fingerprint density at radius 2 is 1.90 bits per heavy atom. The normalized spacial score (nSPS) is 13.9. The van der Waals surface area contributed by atoms with Crippen LogP contribution < -0.4 is 5.73 Å². The molecule has 0 radical (unpaired) electrons. The summed E-state index contributed by atoms with van der Waals surface area (Å²) in [5.41, 5.74) is 10.3. The first-order chi connectivity index (χ1) is 10.1. The van der Waals surface area contributed by atoms with Gasteiger partial charge in [0.05, 0.1) is 0 Å². The highest BCUT2D eigenvalue weighted by molar-refractivity contribution is 9.10. The van der Waals surface area contributed by atoms with Crippen LogP contribution in [-0.2, 0) is 5.75 Å². The monoisotopic (exact) mass is 363 g/mol. The van der Waals surface area contributed by atoms with E-state index in [9.17, 15) is 0 Å². The van der Waals surface area contributed by atoms with Crippen LogP contribution in [-0.4, -0.2) is 6.04 Å². The minimum Gasteiger partial charge on any atom is -0.326 e. The van der Waals surface area contributed by atoms with Crippen LogP contribution in [0.4, 0.5) is 0 Å². The SMILES string of the molecule is CCC(N)C(SCc1cccc(C)c1)c1cccc(Br)c1. The third-order valence-corrected chi connectivity index (χ3v) is 5.52. The number of thioether (sulfide) groups is 1. The lowest BCUT2D eigenvalue weighted by Crippen LogP contribution is -2.25. The van der Waals surface area contributed by atoms with Crippen LogP contribution in [0.5, 0.6) is 0 Å². The molecule has 0 aliphatic carbocycles. The van der Waals surface area contributed by atoms with Gasteiger partial charge in [0.25, 0.3) is 0 Å². The zero-order valence-corrected chi connectivity index (χ0v) is 15.0. The first kappa shape index (κ1) is 16.6. The summed E-state index contributed by atoms with van der Waals surface area (Å²) in [7, 11) is 0. The van der Waals surface area contributed by atoms with E-state index in [1.54, 1.807) is 0 Å². The van der Waals surface area contributed by atoms with E-state index in [-0.39, 0.29) is 6.04 Å². The van der Waals surface area contributed by atoms with Gasteiger partial charge in [-0.05, 0) is 36.6 Å². The summed E-state index contributed by atoms with van der Waals surface area (Å²) < 4.78 is 1.12. The molecule has 0 amide bonds. The molecule has 3 heteroatoms. The van der Waals surface area contributed by atoms with Crippen LogP contribution >= 0.6 is 27.7 Å². The van der Waals surface area contributed by atoms with Gasteiger partial charge in [0, 0.05) is 21.5 Å². The minimum atomic E-state index is 0.175. The Hall–Kier alpha value is -0.770. The molecular formula is C18H22BrNS. The summed E-state index contributed by atoms with van der Waals surface area (Å²) in [6.07, 6.45) is 0.984. The Balaban J connectivity index is 2.14. The van der Waals surface area contributed by atoms with E-state index < -0.39 is 0 Å². The quantitative estimate of drug-likeness (QED) is 0.736. The maximum atomic E-state index is 6.36. The predicted octanol–water partition coefficient (Wildman–Crippen LogP) is 5.47. The summed E-state index contributed by atoms with van der Waals surface area (Å²) in [5, 5.41) is 0.327. The van der Waals surface area contributed by atoms with Gasteiger partial charge in [-0.15, -0.1) is 11.8 Å². The number of hydrogen-bond acceptors (Lipinski definition) is 2. The van der Waals surface area contributed by atoms with Crippen molar-refractivity contribution in [1.29, 1.82) is 0 Å². The molecule has 112 valence electrons. The van der Waals surface area contributed by atoms with Crippen LogP contribution in [0.25, 0.3) is 0 Å². The van der Waals surface area contributed by atoms with Gasteiger partial charge >= 0.3 is 0 Å². The predicted molar refractivity (Wildman–Crippen MR) is 97.6 cm³/mol. The molecule has 2 rings (SSSR count). The Bertz CT molecular complexity index is 585. The van der Waals surface area contributed by atoms with Crippen molar-refractivity contribution in [3.63, 3.8) is 0 Å². The van der Waals surface area contributed by atoms with Crippen molar-refractivity contribution < 1.29 is 0 Å². The molecule has 2 unspecified atom stereocenters. The smallest absolute Gasteiger partial charge is 0.0451 e. The molecule has 0 saturated heterocycles. The van der Waals surface area contributed by atoms with Gasteiger partial charge in [-0.2, -0.15) is 0 Å². The lowest BCUT2D eigenvalue weighted by atomic mass is 10.0. The second-order valence-corrected chi connectivity index (χ2v) is 7.39. The minimum absolute atomic E-state index is 0.175. The van der Waals surface area contributed by atoms with Crippen molar-refractivity contribution in [3.05, 3.63) is 69.7 Å². The van der Waals surface area contributed by atoms with Gasteiger partial charge in [0.15, 0.2) is 0 Å². The number of aryl methyl sites for hydroxylation is 1. The second-order valence-electron chi connectivity index (χ2n) is 5.35. The molecule has 21 heavy (non-hydrogen) atoms. The van der Waals surface area contributed by atoms with E-state index in [2.05, 4.69) is 78.3 Å². The van der Waals surface area contributed by atoms with Crippen molar-refractivity contribution in [3.8, 4) is 0 Å². The van der Waals surface area contributed by atoms with Crippen LogP contribution in [0, 0.1) is 6.92 Å². The van der Waals surface area contributed by atoms with Crippen molar-refractivity contribution in [2.45, 2.75) is 37.3 Å². The Kier molecular flexibility index (Phi) is 6.34. The molecule has 2 aromatic rings.